The number of carbonyl (C=O) groups is 2. The maximum absolute atomic E-state index is 11.9. The van der Waals surface area contributed by atoms with Crippen molar-refractivity contribution in [2.24, 2.45) is 11.8 Å². The summed E-state index contributed by atoms with van der Waals surface area (Å²) in [6, 6.07) is 0. The summed E-state index contributed by atoms with van der Waals surface area (Å²) in [5.41, 5.74) is 0. The van der Waals surface area contributed by atoms with Crippen molar-refractivity contribution < 1.29 is 9.59 Å². The highest BCUT2D eigenvalue weighted by molar-refractivity contribution is 9.09. The van der Waals surface area contributed by atoms with Gasteiger partial charge in [0.2, 0.25) is 11.8 Å². The first-order valence-electron chi connectivity index (χ1n) is 4.91. The molecule has 0 aromatic carbocycles. The largest absolute Gasteiger partial charge is 0.281 e. The summed E-state index contributed by atoms with van der Waals surface area (Å²) in [6.45, 7) is 0.461. The molecule has 2 rings (SSSR count). The molecule has 0 N–H and O–H groups in total. The number of imide groups is 1. The van der Waals surface area contributed by atoms with Crippen LogP contribution in [0.15, 0.2) is 11.1 Å². The molecule has 0 unspecified atom stereocenters. The highest BCUT2D eigenvalue weighted by Crippen LogP contribution is 2.38. The summed E-state index contributed by atoms with van der Waals surface area (Å²) in [5.74, 6) is -0.478. The molecule has 82 valence electrons. The Kier molecular flexibility index (Phi) is 3.16. The average Bonchev–Trinajstić information content (AvgIpc) is 2.44. The summed E-state index contributed by atoms with van der Waals surface area (Å²) in [5, 5.41) is 1.34. The SMILES string of the molecule is O=C1[C@H]2CC(Cl)=CC[C@H]2C(=O)N1CCBr. The van der Waals surface area contributed by atoms with Crippen LogP contribution in [0.25, 0.3) is 0 Å². The fourth-order valence-electron chi connectivity index (χ4n) is 2.20. The number of carbonyl (C=O) groups excluding carboxylic acids is 2. The van der Waals surface area contributed by atoms with Gasteiger partial charge in [0.25, 0.3) is 0 Å². The van der Waals surface area contributed by atoms with Crippen LogP contribution in [0.3, 0.4) is 0 Å². The van der Waals surface area contributed by atoms with E-state index in [2.05, 4.69) is 15.9 Å². The van der Waals surface area contributed by atoms with Crippen molar-refractivity contribution in [2.45, 2.75) is 12.8 Å². The molecule has 15 heavy (non-hydrogen) atoms. The number of hydrogen-bond donors (Lipinski definition) is 0. The molecule has 2 amide bonds. The Morgan fingerprint density at radius 2 is 2.07 bits per heavy atom. The Morgan fingerprint density at radius 1 is 1.40 bits per heavy atom. The molecule has 1 heterocycles. The zero-order valence-electron chi connectivity index (χ0n) is 8.08. The van der Waals surface area contributed by atoms with Crippen molar-refractivity contribution in [2.75, 3.05) is 11.9 Å². The van der Waals surface area contributed by atoms with Gasteiger partial charge in [-0.3, -0.25) is 14.5 Å². The van der Waals surface area contributed by atoms with Gasteiger partial charge in [-0.25, -0.2) is 0 Å². The first-order chi connectivity index (χ1) is 7.15. The zero-order chi connectivity index (χ0) is 11.0. The number of alkyl halides is 1. The Hall–Kier alpha value is -0.350. The maximum atomic E-state index is 11.9. The molecule has 0 spiro atoms. The van der Waals surface area contributed by atoms with Gasteiger partial charge >= 0.3 is 0 Å². The van der Waals surface area contributed by atoms with E-state index in [9.17, 15) is 9.59 Å². The van der Waals surface area contributed by atoms with Gasteiger partial charge in [-0.1, -0.05) is 33.6 Å². The lowest BCUT2D eigenvalue weighted by atomic mass is 9.85. The van der Waals surface area contributed by atoms with E-state index in [-0.39, 0.29) is 23.7 Å². The molecule has 1 saturated heterocycles. The highest BCUT2D eigenvalue weighted by atomic mass is 79.9. The molecule has 5 heteroatoms. The van der Waals surface area contributed by atoms with Crippen molar-refractivity contribution in [3.63, 3.8) is 0 Å². The van der Waals surface area contributed by atoms with Gasteiger partial charge in [-0.15, -0.1) is 0 Å². The first kappa shape index (κ1) is 11.1. The molecule has 0 saturated carbocycles. The van der Waals surface area contributed by atoms with Gasteiger partial charge in [-0.05, 0) is 12.8 Å². The average molecular weight is 293 g/mol. The van der Waals surface area contributed by atoms with E-state index in [1.54, 1.807) is 0 Å². The monoisotopic (exact) mass is 291 g/mol. The van der Waals surface area contributed by atoms with Gasteiger partial charge in [-0.2, -0.15) is 0 Å². The number of allylic oxidation sites excluding steroid dienone is 2. The Labute approximate surface area is 102 Å². The maximum Gasteiger partial charge on any atom is 0.233 e. The highest BCUT2D eigenvalue weighted by Gasteiger charge is 2.47. The van der Waals surface area contributed by atoms with Gasteiger partial charge in [0.05, 0.1) is 11.8 Å². The van der Waals surface area contributed by atoms with E-state index >= 15 is 0 Å². The Bertz CT molecular complexity index is 342. The third-order valence-electron chi connectivity index (χ3n) is 2.97. The minimum atomic E-state index is -0.214. The van der Waals surface area contributed by atoms with Crippen molar-refractivity contribution in [3.8, 4) is 0 Å². The van der Waals surface area contributed by atoms with E-state index in [1.807, 2.05) is 6.08 Å². The Balaban J connectivity index is 2.20. The predicted molar refractivity (Wildman–Crippen MR) is 60.7 cm³/mol. The number of fused-ring (bicyclic) bond motifs is 1. The zero-order valence-corrected chi connectivity index (χ0v) is 10.4. The lowest BCUT2D eigenvalue weighted by molar-refractivity contribution is -0.139. The fraction of sp³-hybridized carbons (Fsp3) is 0.600. The smallest absolute Gasteiger partial charge is 0.233 e. The summed E-state index contributed by atoms with van der Waals surface area (Å²) < 4.78 is 0. The van der Waals surface area contributed by atoms with Gasteiger partial charge < -0.3 is 0 Å². The number of nitrogens with zero attached hydrogens (tertiary/aromatic N) is 1. The van der Waals surface area contributed by atoms with Crippen LogP contribution in [0.2, 0.25) is 0 Å². The summed E-state index contributed by atoms with van der Waals surface area (Å²) in [6.07, 6.45) is 2.98. The van der Waals surface area contributed by atoms with E-state index < -0.39 is 0 Å². The Morgan fingerprint density at radius 3 is 2.73 bits per heavy atom. The third-order valence-corrected chi connectivity index (χ3v) is 3.63. The number of rotatable bonds is 2. The van der Waals surface area contributed by atoms with Crippen LogP contribution in [0.4, 0.5) is 0 Å². The fourth-order valence-corrected chi connectivity index (χ4v) is 2.81. The van der Waals surface area contributed by atoms with Crippen LogP contribution in [-0.4, -0.2) is 28.6 Å². The number of halogens is 2. The molecule has 0 radical (unpaired) electrons. The van der Waals surface area contributed by atoms with Crippen molar-refractivity contribution in [1.82, 2.24) is 4.90 Å². The van der Waals surface area contributed by atoms with E-state index in [1.165, 1.54) is 4.90 Å². The lowest BCUT2D eigenvalue weighted by Gasteiger charge is -2.17. The quantitative estimate of drug-likeness (QED) is 0.576. The molecule has 2 atom stereocenters. The number of hydrogen-bond acceptors (Lipinski definition) is 2. The van der Waals surface area contributed by atoms with Crippen LogP contribution >= 0.6 is 27.5 Å². The first-order valence-corrected chi connectivity index (χ1v) is 6.41. The summed E-state index contributed by atoms with van der Waals surface area (Å²) >= 11 is 9.13. The molecule has 2 aliphatic rings. The molecule has 0 bridgehead atoms. The predicted octanol–water partition coefficient (Wildman–Crippen LogP) is 1.90. The molecule has 1 aliphatic carbocycles. The second kappa shape index (κ2) is 4.26. The van der Waals surface area contributed by atoms with Crippen molar-refractivity contribution in [1.29, 1.82) is 0 Å². The van der Waals surface area contributed by atoms with Crippen molar-refractivity contribution >= 4 is 39.3 Å². The molecular formula is C10H11BrClNO2. The number of likely N-dealkylation sites (tertiary alicyclic amines) is 1. The summed E-state index contributed by atoms with van der Waals surface area (Å²) in [7, 11) is 0. The second-order valence-corrected chi connectivity index (χ2v) is 5.10. The van der Waals surface area contributed by atoms with Crippen LogP contribution in [0, 0.1) is 11.8 Å². The normalized spacial score (nSPS) is 30.5. The van der Waals surface area contributed by atoms with Crippen LogP contribution in [0.1, 0.15) is 12.8 Å². The van der Waals surface area contributed by atoms with E-state index in [0.29, 0.717) is 29.7 Å². The molecule has 1 fully saturated rings. The third kappa shape index (κ3) is 1.85. The molecule has 0 aromatic rings. The molecular weight excluding hydrogens is 281 g/mol. The molecule has 0 aromatic heterocycles. The van der Waals surface area contributed by atoms with Gasteiger partial charge in [0.1, 0.15) is 0 Å². The van der Waals surface area contributed by atoms with Crippen LogP contribution in [-0.2, 0) is 9.59 Å². The van der Waals surface area contributed by atoms with Gasteiger partial charge in [0.15, 0.2) is 0 Å². The summed E-state index contributed by atoms with van der Waals surface area (Å²) in [4.78, 5) is 25.1. The van der Waals surface area contributed by atoms with Crippen LogP contribution in [0.5, 0.6) is 0 Å². The van der Waals surface area contributed by atoms with E-state index in [4.69, 9.17) is 11.6 Å². The van der Waals surface area contributed by atoms with Crippen molar-refractivity contribution in [3.05, 3.63) is 11.1 Å². The second-order valence-electron chi connectivity index (χ2n) is 3.82. The standard InChI is InChI=1S/C10H11BrClNO2/c11-3-4-13-9(14)7-2-1-6(12)5-8(7)10(13)15/h1,7-8H,2-5H2/t7-,8+/m1/s1. The lowest BCUT2D eigenvalue weighted by Crippen LogP contribution is -2.32. The number of amides is 2. The minimum Gasteiger partial charge on any atom is -0.281 e. The molecule has 1 aliphatic heterocycles. The van der Waals surface area contributed by atoms with E-state index in [0.717, 1.165) is 0 Å². The molecule has 3 nitrogen and oxygen atoms in total. The van der Waals surface area contributed by atoms with Gasteiger partial charge in [0, 0.05) is 16.9 Å². The minimum absolute atomic E-state index is 0.0372. The van der Waals surface area contributed by atoms with Crippen LogP contribution < -0.4 is 0 Å². The topological polar surface area (TPSA) is 37.4 Å².